The molecule has 82 heavy (non-hydrogen) atoms. The lowest BCUT2D eigenvalue weighted by atomic mass is 9.79. The van der Waals surface area contributed by atoms with Crippen molar-refractivity contribution < 1.29 is 0 Å². The molecule has 16 rings (SSSR count). The quantitative estimate of drug-likeness (QED) is 0.134. The van der Waals surface area contributed by atoms with E-state index in [9.17, 15) is 0 Å². The van der Waals surface area contributed by atoms with Gasteiger partial charge in [-0.2, -0.15) is 0 Å². The first-order valence-electron chi connectivity index (χ1n) is 28.8. The molecule has 2 aliphatic rings. The third-order valence-corrected chi connectivity index (χ3v) is 18.3. The predicted octanol–water partition coefficient (Wildman–Crippen LogP) is 21.3. The van der Waals surface area contributed by atoms with Crippen LogP contribution in [-0.2, 0) is 10.8 Å². The Bertz CT molecular complexity index is 4930. The number of nitrogens with zero attached hydrogens (tertiary/aromatic N) is 2. The highest BCUT2D eigenvalue weighted by atomic mass is 15.0. The van der Waals surface area contributed by atoms with Gasteiger partial charge in [0.25, 0.3) is 0 Å². The Morgan fingerprint density at radius 1 is 0.244 bits per heavy atom. The zero-order valence-corrected chi connectivity index (χ0v) is 46.5. The molecule has 0 unspecified atom stereocenters. The molecule has 2 heterocycles. The molecule has 0 fully saturated rings. The monoisotopic (exact) mass is 1050 g/mol. The Morgan fingerprint density at radius 2 is 0.573 bits per heavy atom. The molecule has 0 radical (unpaired) electrons. The number of hydrogen-bond acceptors (Lipinski definition) is 0. The van der Waals surface area contributed by atoms with Gasteiger partial charge in [0, 0.05) is 43.7 Å². The summed E-state index contributed by atoms with van der Waals surface area (Å²) in [5.74, 6) is 0. The van der Waals surface area contributed by atoms with Crippen LogP contribution < -0.4 is 0 Å². The lowest BCUT2D eigenvalue weighted by Gasteiger charge is -2.24. The molecular formula is C80H58N2. The SMILES string of the molecule is CC1(C)c2cc(/C=C/c3ccc(-c4ccc5c(c4)c4ccccc4n5-c4ccccc4)cc3)ccc2-c2ccc(-c3ccc4c(c3)C(C)(C)c3cc(-c5ccc6c(c5)c5ccccc5n6-c5ccc(-c6ccccc6)cc5)ccc3-4)cc21. The summed E-state index contributed by atoms with van der Waals surface area (Å²) in [7, 11) is 0. The van der Waals surface area contributed by atoms with Gasteiger partial charge < -0.3 is 9.13 Å². The highest BCUT2D eigenvalue weighted by molar-refractivity contribution is 6.12. The number of rotatable bonds is 8. The van der Waals surface area contributed by atoms with E-state index in [1.54, 1.807) is 0 Å². The third-order valence-electron chi connectivity index (χ3n) is 18.3. The van der Waals surface area contributed by atoms with Crippen molar-refractivity contribution in [2.24, 2.45) is 0 Å². The van der Waals surface area contributed by atoms with Gasteiger partial charge in [0.15, 0.2) is 0 Å². The topological polar surface area (TPSA) is 9.86 Å². The maximum Gasteiger partial charge on any atom is 0.0541 e. The van der Waals surface area contributed by atoms with Crippen LogP contribution in [0.3, 0.4) is 0 Å². The third kappa shape index (κ3) is 7.48. The molecule has 0 N–H and O–H groups in total. The van der Waals surface area contributed by atoms with E-state index >= 15 is 0 Å². The second-order valence-electron chi connectivity index (χ2n) is 23.7. The van der Waals surface area contributed by atoms with Crippen LogP contribution in [0.4, 0.5) is 0 Å². The molecule has 0 saturated heterocycles. The van der Waals surface area contributed by atoms with Crippen LogP contribution >= 0.6 is 0 Å². The predicted molar refractivity (Wildman–Crippen MR) is 347 cm³/mol. The molecular weight excluding hydrogens is 989 g/mol. The van der Waals surface area contributed by atoms with Crippen LogP contribution in [0.2, 0.25) is 0 Å². The van der Waals surface area contributed by atoms with Gasteiger partial charge in [-0.1, -0.05) is 228 Å². The van der Waals surface area contributed by atoms with Gasteiger partial charge in [-0.3, -0.25) is 0 Å². The summed E-state index contributed by atoms with van der Waals surface area (Å²) < 4.78 is 4.78. The second kappa shape index (κ2) is 18.3. The summed E-state index contributed by atoms with van der Waals surface area (Å²) in [5.41, 5.74) is 30.0. The molecule has 388 valence electrons. The number of benzene rings is 12. The fourth-order valence-corrected chi connectivity index (χ4v) is 14.0. The molecule has 2 nitrogen and oxygen atoms in total. The maximum atomic E-state index is 2.47. The van der Waals surface area contributed by atoms with Gasteiger partial charge in [0.2, 0.25) is 0 Å². The minimum absolute atomic E-state index is 0.157. The molecule has 0 amide bonds. The molecule has 14 aromatic rings. The van der Waals surface area contributed by atoms with E-state index in [1.165, 1.54) is 149 Å². The molecule has 2 aromatic heterocycles. The molecule has 0 spiro atoms. The van der Waals surface area contributed by atoms with E-state index in [2.05, 4.69) is 316 Å². The standard InChI is InChI=1S/C80H58N2/c1-79(2)71-45-52(24-23-51-25-28-55(29-26-51)56-35-43-77-69(46-56)67-19-11-13-21-75(67)81(77)61-17-9-6-10-18-61)27-39-63(71)64-41-33-59(49-72(64)79)60-34-42-66-65-40-32-58(48-73(65)80(3,4)74(66)50-60)57-36-44-78-70(47-57)68-20-12-14-22-76(68)82(78)62-37-30-54(31-38-62)53-15-7-5-8-16-53/h5-50H,1-4H3/b24-23+. The normalized spacial score (nSPS) is 13.8. The average molecular weight is 1050 g/mol. The minimum Gasteiger partial charge on any atom is -0.309 e. The largest absolute Gasteiger partial charge is 0.309 e. The number of fused-ring (bicyclic) bond motifs is 12. The Hall–Kier alpha value is -10.0. The summed E-state index contributed by atoms with van der Waals surface area (Å²) in [5, 5.41) is 5.06. The van der Waals surface area contributed by atoms with E-state index in [0.717, 1.165) is 5.69 Å². The van der Waals surface area contributed by atoms with Crippen LogP contribution in [0.1, 0.15) is 61.1 Å². The van der Waals surface area contributed by atoms with Crippen molar-refractivity contribution in [2.45, 2.75) is 38.5 Å². The van der Waals surface area contributed by atoms with Gasteiger partial charge in [-0.05, 0) is 179 Å². The van der Waals surface area contributed by atoms with Crippen LogP contribution in [0.25, 0.3) is 134 Å². The first kappa shape index (κ1) is 47.9. The van der Waals surface area contributed by atoms with E-state index in [1.807, 2.05) is 0 Å². The summed E-state index contributed by atoms with van der Waals surface area (Å²) in [6, 6.07) is 99.2. The van der Waals surface area contributed by atoms with Gasteiger partial charge in [-0.15, -0.1) is 0 Å². The van der Waals surface area contributed by atoms with Crippen molar-refractivity contribution in [1.29, 1.82) is 0 Å². The van der Waals surface area contributed by atoms with E-state index in [0.29, 0.717) is 0 Å². The highest BCUT2D eigenvalue weighted by Crippen LogP contribution is 2.53. The van der Waals surface area contributed by atoms with Crippen LogP contribution in [0.15, 0.2) is 267 Å². The first-order valence-corrected chi connectivity index (χ1v) is 28.8. The van der Waals surface area contributed by atoms with Gasteiger partial charge in [0.1, 0.15) is 0 Å². The van der Waals surface area contributed by atoms with Gasteiger partial charge in [-0.25, -0.2) is 0 Å². The van der Waals surface area contributed by atoms with Crippen molar-refractivity contribution in [3.05, 3.63) is 300 Å². The average Bonchev–Trinajstić information content (AvgIpc) is 4.26. The zero-order chi connectivity index (χ0) is 54.8. The molecule has 0 saturated carbocycles. The Kier molecular flexibility index (Phi) is 10.7. The van der Waals surface area contributed by atoms with Crippen molar-refractivity contribution in [3.63, 3.8) is 0 Å². The zero-order valence-electron chi connectivity index (χ0n) is 46.5. The first-order chi connectivity index (χ1) is 40.1. The number of para-hydroxylation sites is 3. The minimum atomic E-state index is -0.178. The van der Waals surface area contributed by atoms with Gasteiger partial charge >= 0.3 is 0 Å². The Labute approximate surface area is 479 Å². The van der Waals surface area contributed by atoms with E-state index < -0.39 is 0 Å². The van der Waals surface area contributed by atoms with Crippen molar-refractivity contribution in [1.82, 2.24) is 9.13 Å². The summed E-state index contributed by atoms with van der Waals surface area (Å²) in [4.78, 5) is 0. The molecule has 12 aromatic carbocycles. The fraction of sp³-hybridized carbons (Fsp3) is 0.0750. The molecule has 2 aliphatic carbocycles. The van der Waals surface area contributed by atoms with Crippen molar-refractivity contribution in [3.8, 4) is 78.1 Å². The van der Waals surface area contributed by atoms with Crippen molar-refractivity contribution in [2.75, 3.05) is 0 Å². The van der Waals surface area contributed by atoms with Gasteiger partial charge in [0.05, 0.1) is 22.1 Å². The fourth-order valence-electron chi connectivity index (χ4n) is 14.0. The summed E-state index contributed by atoms with van der Waals surface area (Å²) in [6.07, 6.45) is 4.51. The Balaban J connectivity index is 0.648. The number of hydrogen-bond donors (Lipinski definition) is 0. The number of aromatic nitrogens is 2. The van der Waals surface area contributed by atoms with Crippen LogP contribution in [0, 0.1) is 0 Å². The molecule has 0 atom stereocenters. The maximum absolute atomic E-state index is 2.47. The van der Waals surface area contributed by atoms with Crippen molar-refractivity contribution >= 4 is 55.8 Å². The highest BCUT2D eigenvalue weighted by Gasteiger charge is 2.38. The van der Waals surface area contributed by atoms with E-state index in [4.69, 9.17) is 0 Å². The summed E-state index contributed by atoms with van der Waals surface area (Å²) in [6.45, 7) is 9.60. The summed E-state index contributed by atoms with van der Waals surface area (Å²) >= 11 is 0. The lowest BCUT2D eigenvalue weighted by molar-refractivity contribution is 0.659. The molecule has 0 aliphatic heterocycles. The van der Waals surface area contributed by atoms with Crippen LogP contribution in [0.5, 0.6) is 0 Å². The lowest BCUT2D eigenvalue weighted by Crippen LogP contribution is -2.15. The Morgan fingerprint density at radius 3 is 1.10 bits per heavy atom. The smallest absolute Gasteiger partial charge is 0.0541 e. The second-order valence-corrected chi connectivity index (χ2v) is 23.7. The van der Waals surface area contributed by atoms with E-state index in [-0.39, 0.29) is 10.8 Å². The molecule has 2 heteroatoms. The molecule has 0 bridgehead atoms. The van der Waals surface area contributed by atoms with Crippen LogP contribution in [-0.4, -0.2) is 9.13 Å².